The molecule has 1 saturated heterocycles. The molecule has 0 radical (unpaired) electrons. The third-order valence-corrected chi connectivity index (χ3v) is 2.78. The lowest BCUT2D eigenvalue weighted by Gasteiger charge is -2.15. The molecule has 0 saturated carbocycles. The van der Waals surface area contributed by atoms with Gasteiger partial charge < -0.3 is 14.8 Å². The van der Waals surface area contributed by atoms with Gasteiger partial charge >= 0.3 is 0 Å². The highest BCUT2D eigenvalue weighted by Crippen LogP contribution is 2.10. The van der Waals surface area contributed by atoms with Crippen LogP contribution in [0.25, 0.3) is 0 Å². The Morgan fingerprint density at radius 1 is 1.62 bits per heavy atom. The van der Waals surface area contributed by atoms with E-state index in [1.54, 1.807) is 0 Å². The molecule has 1 aliphatic rings. The molecule has 0 aromatic carbocycles. The molecular weight excluding hydrogens is 202 g/mol. The Morgan fingerprint density at radius 2 is 2.50 bits per heavy atom. The van der Waals surface area contributed by atoms with E-state index in [2.05, 4.69) is 18.8 Å². The van der Waals surface area contributed by atoms with Gasteiger partial charge in [-0.2, -0.15) is 0 Å². The molecule has 2 unspecified atom stereocenters. The predicted molar refractivity (Wildman–Crippen MR) is 66.7 cm³/mol. The van der Waals surface area contributed by atoms with Gasteiger partial charge in [-0.05, 0) is 32.6 Å². The number of hydrogen-bond acceptors (Lipinski definition) is 3. The summed E-state index contributed by atoms with van der Waals surface area (Å²) in [6, 6.07) is 0. The van der Waals surface area contributed by atoms with Gasteiger partial charge in [-0.25, -0.2) is 0 Å². The number of nitrogens with one attached hydrogen (secondary N) is 1. The van der Waals surface area contributed by atoms with Gasteiger partial charge in [-0.15, -0.1) is 6.58 Å². The maximum atomic E-state index is 5.66. The van der Waals surface area contributed by atoms with E-state index in [1.165, 1.54) is 12.8 Å². The Morgan fingerprint density at radius 3 is 3.19 bits per heavy atom. The molecule has 1 rings (SSSR count). The van der Waals surface area contributed by atoms with Gasteiger partial charge in [-0.3, -0.25) is 0 Å². The molecule has 0 bridgehead atoms. The lowest BCUT2D eigenvalue weighted by atomic mass is 10.2. The van der Waals surface area contributed by atoms with Gasteiger partial charge in [0.25, 0.3) is 0 Å². The molecule has 1 fully saturated rings. The monoisotopic (exact) mass is 227 g/mol. The van der Waals surface area contributed by atoms with Crippen molar-refractivity contribution >= 4 is 0 Å². The van der Waals surface area contributed by atoms with Crippen molar-refractivity contribution in [2.24, 2.45) is 0 Å². The summed E-state index contributed by atoms with van der Waals surface area (Å²) in [5.41, 5.74) is 0. The minimum atomic E-state index is 0.284. The largest absolute Gasteiger partial charge is 0.377 e. The average molecular weight is 227 g/mol. The molecule has 0 amide bonds. The third-order valence-electron chi connectivity index (χ3n) is 2.78. The molecule has 1 aliphatic heterocycles. The topological polar surface area (TPSA) is 30.5 Å². The van der Waals surface area contributed by atoms with E-state index in [9.17, 15) is 0 Å². The van der Waals surface area contributed by atoms with Crippen molar-refractivity contribution in [3.63, 3.8) is 0 Å². The van der Waals surface area contributed by atoms with Crippen LogP contribution in [0.1, 0.15) is 32.6 Å². The Labute approximate surface area is 99.2 Å². The Hall–Kier alpha value is -0.380. The number of allylic oxidation sites excluding steroid dienone is 1. The maximum absolute atomic E-state index is 5.66. The molecule has 16 heavy (non-hydrogen) atoms. The van der Waals surface area contributed by atoms with Crippen LogP contribution in [-0.2, 0) is 9.47 Å². The van der Waals surface area contributed by atoms with E-state index in [1.807, 2.05) is 6.08 Å². The van der Waals surface area contributed by atoms with E-state index in [0.717, 1.165) is 39.1 Å². The predicted octanol–water partition coefficient (Wildman–Crippen LogP) is 2.13. The van der Waals surface area contributed by atoms with Crippen LogP contribution >= 0.6 is 0 Å². The number of hydrogen-bond donors (Lipinski definition) is 1. The first kappa shape index (κ1) is 13.7. The van der Waals surface area contributed by atoms with E-state index >= 15 is 0 Å². The highest BCUT2D eigenvalue weighted by atomic mass is 16.5. The van der Waals surface area contributed by atoms with Crippen LogP contribution in [0.3, 0.4) is 0 Å². The van der Waals surface area contributed by atoms with Crippen LogP contribution in [0, 0.1) is 0 Å². The summed E-state index contributed by atoms with van der Waals surface area (Å²) in [7, 11) is 0. The second kappa shape index (κ2) is 8.74. The molecular formula is C13H25NO2. The lowest BCUT2D eigenvalue weighted by molar-refractivity contribution is 0.0588. The summed E-state index contributed by atoms with van der Waals surface area (Å²) >= 11 is 0. The number of rotatable bonds is 9. The fourth-order valence-electron chi connectivity index (χ4n) is 1.82. The first-order chi connectivity index (χ1) is 7.83. The van der Waals surface area contributed by atoms with E-state index in [-0.39, 0.29) is 6.10 Å². The quantitative estimate of drug-likeness (QED) is 0.483. The molecule has 0 aliphatic carbocycles. The van der Waals surface area contributed by atoms with Crippen molar-refractivity contribution in [2.75, 3.05) is 26.3 Å². The summed E-state index contributed by atoms with van der Waals surface area (Å²) in [5, 5.41) is 3.40. The first-order valence-corrected chi connectivity index (χ1v) is 6.37. The summed E-state index contributed by atoms with van der Waals surface area (Å²) in [4.78, 5) is 0. The minimum absolute atomic E-state index is 0.284. The Balaban J connectivity index is 1.88. The van der Waals surface area contributed by atoms with E-state index < -0.39 is 0 Å². The summed E-state index contributed by atoms with van der Waals surface area (Å²) in [6.45, 7) is 9.42. The second-order valence-electron chi connectivity index (χ2n) is 4.41. The van der Waals surface area contributed by atoms with Crippen molar-refractivity contribution in [3.05, 3.63) is 12.7 Å². The fourth-order valence-corrected chi connectivity index (χ4v) is 1.82. The second-order valence-corrected chi connectivity index (χ2v) is 4.41. The van der Waals surface area contributed by atoms with Gasteiger partial charge in [0.05, 0.1) is 12.2 Å². The van der Waals surface area contributed by atoms with Crippen molar-refractivity contribution in [3.8, 4) is 0 Å². The van der Waals surface area contributed by atoms with Crippen molar-refractivity contribution in [2.45, 2.75) is 44.8 Å². The van der Waals surface area contributed by atoms with Crippen LogP contribution < -0.4 is 5.32 Å². The smallest absolute Gasteiger partial charge is 0.0700 e. The van der Waals surface area contributed by atoms with Crippen LogP contribution in [0.4, 0.5) is 0 Å². The minimum Gasteiger partial charge on any atom is -0.377 e. The summed E-state index contributed by atoms with van der Waals surface area (Å²) in [5.74, 6) is 0. The van der Waals surface area contributed by atoms with Crippen LogP contribution in [-0.4, -0.2) is 38.5 Å². The normalized spacial score (nSPS) is 22.2. The average Bonchev–Trinajstić information content (AvgIpc) is 2.77. The lowest BCUT2D eigenvalue weighted by Crippen LogP contribution is -2.33. The van der Waals surface area contributed by atoms with Gasteiger partial charge in [0, 0.05) is 26.3 Å². The SMILES string of the molecule is C=CCCCOC(C)CNCC1CCCO1. The molecule has 1 N–H and O–H groups in total. The molecule has 2 atom stereocenters. The van der Waals surface area contributed by atoms with E-state index in [0.29, 0.717) is 6.10 Å². The number of unbranched alkanes of at least 4 members (excludes halogenated alkanes) is 1. The molecule has 0 aromatic heterocycles. The van der Waals surface area contributed by atoms with Gasteiger partial charge in [0.2, 0.25) is 0 Å². The van der Waals surface area contributed by atoms with Crippen LogP contribution in [0.15, 0.2) is 12.7 Å². The van der Waals surface area contributed by atoms with Crippen molar-refractivity contribution in [1.82, 2.24) is 5.32 Å². The van der Waals surface area contributed by atoms with Gasteiger partial charge in [0.15, 0.2) is 0 Å². The van der Waals surface area contributed by atoms with Crippen LogP contribution in [0.5, 0.6) is 0 Å². The molecule has 1 heterocycles. The zero-order chi connectivity index (χ0) is 11.6. The molecule has 0 spiro atoms. The zero-order valence-corrected chi connectivity index (χ0v) is 10.4. The Bertz CT molecular complexity index is 179. The molecule has 3 nitrogen and oxygen atoms in total. The van der Waals surface area contributed by atoms with Gasteiger partial charge in [-0.1, -0.05) is 6.08 Å². The summed E-state index contributed by atoms with van der Waals surface area (Å²) in [6.07, 6.45) is 7.15. The van der Waals surface area contributed by atoms with Gasteiger partial charge in [0.1, 0.15) is 0 Å². The highest BCUT2D eigenvalue weighted by molar-refractivity contribution is 4.69. The maximum Gasteiger partial charge on any atom is 0.0700 e. The summed E-state index contributed by atoms with van der Waals surface area (Å²) < 4.78 is 11.2. The first-order valence-electron chi connectivity index (χ1n) is 6.37. The van der Waals surface area contributed by atoms with E-state index in [4.69, 9.17) is 9.47 Å². The molecule has 3 heteroatoms. The standard InChI is InChI=1S/C13H25NO2/c1-3-4-5-8-15-12(2)10-14-11-13-7-6-9-16-13/h3,12-14H,1,4-11H2,2H3. The highest BCUT2D eigenvalue weighted by Gasteiger charge is 2.14. The zero-order valence-electron chi connectivity index (χ0n) is 10.4. The third kappa shape index (κ3) is 6.26. The fraction of sp³-hybridized carbons (Fsp3) is 0.846. The molecule has 0 aromatic rings. The van der Waals surface area contributed by atoms with Crippen LogP contribution in [0.2, 0.25) is 0 Å². The Kier molecular flexibility index (Phi) is 7.47. The van der Waals surface area contributed by atoms with Crippen molar-refractivity contribution in [1.29, 1.82) is 0 Å². The van der Waals surface area contributed by atoms with Crippen molar-refractivity contribution < 1.29 is 9.47 Å². The molecule has 94 valence electrons. The number of ether oxygens (including phenoxy) is 2.